The number of nitrogens with one attached hydrogen (secondary N) is 1. The Balaban J connectivity index is 2.48. The van der Waals surface area contributed by atoms with E-state index in [2.05, 4.69) is 29.4 Å². The fraction of sp³-hybridized carbons (Fsp3) is 0.500. The molecule has 0 saturated carbocycles. The zero-order chi connectivity index (χ0) is 12.9. The van der Waals surface area contributed by atoms with E-state index in [1.807, 2.05) is 32.0 Å². The average Bonchev–Trinajstić information content (AvgIpc) is 2.25. The second-order valence-electron chi connectivity index (χ2n) is 5.07. The van der Waals surface area contributed by atoms with Gasteiger partial charge < -0.3 is 10.2 Å². The Morgan fingerprint density at radius 2 is 1.88 bits per heavy atom. The first-order valence-electron chi connectivity index (χ1n) is 5.96. The number of para-hydroxylation sites is 1. The van der Waals surface area contributed by atoms with Crippen LogP contribution in [0.15, 0.2) is 30.3 Å². The lowest BCUT2D eigenvalue weighted by Gasteiger charge is -2.29. The topological polar surface area (TPSA) is 32.3 Å². The molecule has 0 aromatic heterocycles. The predicted octanol–water partition coefficient (Wildman–Crippen LogP) is 2.43. The van der Waals surface area contributed by atoms with E-state index in [0.29, 0.717) is 0 Å². The first-order valence-corrected chi connectivity index (χ1v) is 5.96. The molecule has 0 saturated heterocycles. The second-order valence-corrected chi connectivity index (χ2v) is 5.07. The molecule has 0 spiro atoms. The lowest BCUT2D eigenvalue weighted by Crippen LogP contribution is -2.44. The molecule has 0 radical (unpaired) electrons. The Hall–Kier alpha value is -1.51. The van der Waals surface area contributed by atoms with Crippen LogP contribution >= 0.6 is 0 Å². The molecule has 0 heterocycles. The van der Waals surface area contributed by atoms with E-state index in [9.17, 15) is 4.79 Å². The maximum atomic E-state index is 11.0. The third kappa shape index (κ3) is 4.89. The first kappa shape index (κ1) is 13.6. The van der Waals surface area contributed by atoms with E-state index in [1.165, 1.54) is 5.69 Å². The third-order valence-electron chi connectivity index (χ3n) is 2.78. The summed E-state index contributed by atoms with van der Waals surface area (Å²) in [7, 11) is 2.07. The second kappa shape index (κ2) is 5.71. The van der Waals surface area contributed by atoms with Crippen molar-refractivity contribution in [2.75, 3.05) is 18.5 Å². The molecule has 0 aliphatic carbocycles. The van der Waals surface area contributed by atoms with Gasteiger partial charge in [0.2, 0.25) is 5.91 Å². The number of carbonyl (C=O) groups is 1. The summed E-state index contributed by atoms with van der Waals surface area (Å²) in [6.07, 6.45) is 0.915. The molecule has 0 aliphatic heterocycles. The van der Waals surface area contributed by atoms with E-state index in [1.54, 1.807) is 6.92 Å². The fourth-order valence-electron chi connectivity index (χ4n) is 1.80. The van der Waals surface area contributed by atoms with Gasteiger partial charge in [0, 0.05) is 31.7 Å². The van der Waals surface area contributed by atoms with Crippen molar-refractivity contribution in [3.8, 4) is 0 Å². The standard InChI is InChI=1S/C14H22N2O/c1-12(17)15-14(2,3)10-11-16(4)13-8-6-5-7-9-13/h5-9H,10-11H2,1-4H3,(H,15,17). The minimum Gasteiger partial charge on any atom is -0.375 e. The van der Waals surface area contributed by atoms with Gasteiger partial charge in [-0.25, -0.2) is 0 Å². The molecule has 1 aromatic rings. The van der Waals surface area contributed by atoms with Gasteiger partial charge in [0.15, 0.2) is 0 Å². The number of benzene rings is 1. The number of amides is 1. The number of rotatable bonds is 5. The smallest absolute Gasteiger partial charge is 0.217 e. The van der Waals surface area contributed by atoms with Crippen molar-refractivity contribution in [3.63, 3.8) is 0 Å². The molecule has 1 amide bonds. The summed E-state index contributed by atoms with van der Waals surface area (Å²) in [6.45, 7) is 6.57. The van der Waals surface area contributed by atoms with Gasteiger partial charge in [-0.3, -0.25) is 4.79 Å². The normalized spacial score (nSPS) is 11.1. The van der Waals surface area contributed by atoms with E-state index in [0.717, 1.165) is 13.0 Å². The molecular formula is C14H22N2O. The number of hydrogen-bond acceptors (Lipinski definition) is 2. The van der Waals surface area contributed by atoms with Crippen LogP contribution in [0.2, 0.25) is 0 Å². The zero-order valence-corrected chi connectivity index (χ0v) is 11.2. The van der Waals surface area contributed by atoms with Gasteiger partial charge in [-0.2, -0.15) is 0 Å². The van der Waals surface area contributed by atoms with Crippen molar-refractivity contribution in [1.29, 1.82) is 0 Å². The Morgan fingerprint density at radius 1 is 1.29 bits per heavy atom. The largest absolute Gasteiger partial charge is 0.375 e. The van der Waals surface area contributed by atoms with E-state index < -0.39 is 0 Å². The SMILES string of the molecule is CC(=O)NC(C)(C)CCN(C)c1ccccc1. The van der Waals surface area contributed by atoms with Gasteiger partial charge >= 0.3 is 0 Å². The van der Waals surface area contributed by atoms with E-state index in [-0.39, 0.29) is 11.4 Å². The predicted molar refractivity (Wildman–Crippen MR) is 72.2 cm³/mol. The van der Waals surface area contributed by atoms with Crippen molar-refractivity contribution >= 4 is 11.6 Å². The summed E-state index contributed by atoms with van der Waals surface area (Å²) in [5.41, 5.74) is 1.04. The Labute approximate surface area is 104 Å². The van der Waals surface area contributed by atoms with Crippen molar-refractivity contribution in [1.82, 2.24) is 5.32 Å². The van der Waals surface area contributed by atoms with Crippen LogP contribution in [-0.2, 0) is 4.79 Å². The van der Waals surface area contributed by atoms with Crippen LogP contribution in [0.25, 0.3) is 0 Å². The summed E-state index contributed by atoms with van der Waals surface area (Å²) < 4.78 is 0. The highest BCUT2D eigenvalue weighted by Gasteiger charge is 2.18. The molecule has 17 heavy (non-hydrogen) atoms. The molecule has 1 rings (SSSR count). The fourth-order valence-corrected chi connectivity index (χ4v) is 1.80. The van der Waals surface area contributed by atoms with Crippen molar-refractivity contribution in [2.24, 2.45) is 0 Å². The number of nitrogens with zero attached hydrogens (tertiary/aromatic N) is 1. The van der Waals surface area contributed by atoms with Crippen LogP contribution in [0.5, 0.6) is 0 Å². The molecule has 0 aliphatic rings. The van der Waals surface area contributed by atoms with E-state index >= 15 is 0 Å². The molecular weight excluding hydrogens is 212 g/mol. The highest BCUT2D eigenvalue weighted by molar-refractivity contribution is 5.73. The van der Waals surface area contributed by atoms with Gasteiger partial charge in [0.1, 0.15) is 0 Å². The van der Waals surface area contributed by atoms with Crippen LogP contribution < -0.4 is 10.2 Å². The highest BCUT2D eigenvalue weighted by atomic mass is 16.1. The third-order valence-corrected chi connectivity index (χ3v) is 2.78. The zero-order valence-electron chi connectivity index (χ0n) is 11.2. The highest BCUT2D eigenvalue weighted by Crippen LogP contribution is 2.14. The van der Waals surface area contributed by atoms with Crippen LogP contribution in [0.3, 0.4) is 0 Å². The lowest BCUT2D eigenvalue weighted by atomic mass is 10.0. The lowest BCUT2D eigenvalue weighted by molar-refractivity contribution is -0.120. The van der Waals surface area contributed by atoms with Crippen LogP contribution in [0, 0.1) is 0 Å². The molecule has 0 atom stereocenters. The molecule has 1 aromatic carbocycles. The quantitative estimate of drug-likeness (QED) is 0.848. The monoisotopic (exact) mass is 234 g/mol. The summed E-state index contributed by atoms with van der Waals surface area (Å²) in [5.74, 6) is 0.0253. The first-order chi connectivity index (χ1) is 7.91. The minimum atomic E-state index is -0.158. The summed E-state index contributed by atoms with van der Waals surface area (Å²) >= 11 is 0. The molecule has 1 N–H and O–H groups in total. The number of hydrogen-bond donors (Lipinski definition) is 1. The number of anilines is 1. The van der Waals surface area contributed by atoms with Gasteiger partial charge in [-0.05, 0) is 32.4 Å². The Kier molecular flexibility index (Phi) is 4.55. The molecule has 3 heteroatoms. The minimum absolute atomic E-state index is 0.0253. The summed E-state index contributed by atoms with van der Waals surface area (Å²) in [6, 6.07) is 10.3. The van der Waals surface area contributed by atoms with Crippen LogP contribution in [0.4, 0.5) is 5.69 Å². The summed E-state index contributed by atoms with van der Waals surface area (Å²) in [4.78, 5) is 13.2. The average molecular weight is 234 g/mol. The van der Waals surface area contributed by atoms with Gasteiger partial charge in [-0.15, -0.1) is 0 Å². The van der Waals surface area contributed by atoms with Gasteiger partial charge in [-0.1, -0.05) is 18.2 Å². The van der Waals surface area contributed by atoms with Crippen molar-refractivity contribution in [2.45, 2.75) is 32.7 Å². The van der Waals surface area contributed by atoms with Crippen molar-refractivity contribution < 1.29 is 4.79 Å². The maximum absolute atomic E-state index is 11.0. The van der Waals surface area contributed by atoms with Crippen LogP contribution in [0.1, 0.15) is 27.2 Å². The Bertz CT molecular complexity index is 360. The maximum Gasteiger partial charge on any atom is 0.217 e. The van der Waals surface area contributed by atoms with Gasteiger partial charge in [0.25, 0.3) is 0 Å². The van der Waals surface area contributed by atoms with Crippen molar-refractivity contribution in [3.05, 3.63) is 30.3 Å². The molecule has 0 fully saturated rings. The van der Waals surface area contributed by atoms with Crippen LogP contribution in [-0.4, -0.2) is 25.0 Å². The molecule has 94 valence electrons. The Morgan fingerprint density at radius 3 is 2.41 bits per heavy atom. The van der Waals surface area contributed by atoms with Gasteiger partial charge in [0.05, 0.1) is 0 Å². The number of carbonyl (C=O) groups excluding carboxylic acids is 1. The summed E-state index contributed by atoms with van der Waals surface area (Å²) in [5, 5.41) is 2.96. The van der Waals surface area contributed by atoms with E-state index in [4.69, 9.17) is 0 Å². The molecule has 0 unspecified atom stereocenters. The molecule has 0 bridgehead atoms. The molecule has 3 nitrogen and oxygen atoms in total.